The average molecular weight is 1710 g/mol. The third kappa shape index (κ3) is 19.1. The predicted molar refractivity (Wildman–Crippen MR) is 559 cm³/mol. The standard InChI is InChI=1S/C123H141BN4/c1-115(2,3)70-79-36-32-40-88(56-79)96-62-85(76-121(19,20)21)63-97(89-41-33-37-80(57-89)71-116(4,5)6)113(96)127-108-68-92(125-104-46-30-28-44-94(104)100-60-83(48-54-106(100)125)74-119(13,14)15)50-52-102(108)124-103-53-51-93(126-105-47-31-29-45-95(105)101-61-84(49-55-107(101)126)75-120(16,17)18)69-109(103)128(111-67-87(78-123(25,26)27)66-110(127)112(111)124)114-98(90-42-34-38-81(58-90)72-117(7,8)9)64-86(77-122(22,23)24)65-99(114)91-43-35-39-82(59-91)73-118(10,11)12/h28-69H,70-78H2,1-27H3/i28D,29D,30D,31D,44D,45D,46D,47D,70D2,71D2,72D2,73D2,74D2,75D2,78D2. The molecule has 0 bridgehead atoms. The van der Waals surface area contributed by atoms with Gasteiger partial charge in [0.25, 0.3) is 6.71 Å². The van der Waals surface area contributed by atoms with Crippen LogP contribution in [-0.4, -0.2) is 15.8 Å². The maximum Gasteiger partial charge on any atom is 0.252 e. The van der Waals surface area contributed by atoms with Gasteiger partial charge in [-0.25, -0.2) is 0 Å². The number of hydrogen-bond donors (Lipinski definition) is 0. The Labute approximate surface area is 799 Å². The van der Waals surface area contributed by atoms with Crippen molar-refractivity contribution in [2.45, 2.75) is 244 Å². The summed E-state index contributed by atoms with van der Waals surface area (Å²) in [6.45, 7) is 50.8. The van der Waals surface area contributed by atoms with E-state index in [2.05, 4.69) is 75.6 Å². The quantitative estimate of drug-likeness (QED) is 0.0845. The first-order valence-corrected chi connectivity index (χ1v) is 45.7. The van der Waals surface area contributed by atoms with Gasteiger partial charge in [0.1, 0.15) is 0 Å². The summed E-state index contributed by atoms with van der Waals surface area (Å²) in [7, 11) is 0. The lowest BCUT2D eigenvalue weighted by atomic mass is 9.33. The van der Waals surface area contributed by atoms with Gasteiger partial charge in [0.2, 0.25) is 0 Å². The molecule has 15 aromatic rings. The molecule has 0 N–H and O–H groups in total. The van der Waals surface area contributed by atoms with E-state index in [1.807, 2.05) is 300 Å². The van der Waals surface area contributed by atoms with Crippen molar-refractivity contribution in [3.63, 3.8) is 0 Å². The molecule has 0 fully saturated rings. The van der Waals surface area contributed by atoms with E-state index in [1.165, 1.54) is 0 Å². The van der Waals surface area contributed by atoms with Crippen LogP contribution in [0.4, 0.5) is 34.1 Å². The minimum Gasteiger partial charge on any atom is -0.310 e. The summed E-state index contributed by atoms with van der Waals surface area (Å²) in [5.41, 5.74) is 6.80. The van der Waals surface area contributed by atoms with Gasteiger partial charge in [-0.3, -0.25) is 0 Å². The van der Waals surface area contributed by atoms with Crippen molar-refractivity contribution in [3.05, 3.63) is 305 Å². The number of aromatic nitrogens is 2. The summed E-state index contributed by atoms with van der Waals surface area (Å²) >= 11 is 0. The summed E-state index contributed by atoms with van der Waals surface area (Å²) in [6, 6.07) is 61.6. The van der Waals surface area contributed by atoms with Crippen LogP contribution >= 0.6 is 0 Å². The average Bonchev–Trinajstić information content (AvgIpc) is 0.796. The summed E-state index contributed by atoms with van der Waals surface area (Å²) < 4.78 is 226. The molecule has 4 heterocycles. The molecular formula is C123H141BN4. The third-order valence-electron chi connectivity index (χ3n) is 22.9. The second kappa shape index (κ2) is 32.6. The Morgan fingerprint density at radius 2 is 0.539 bits per heavy atom. The number of nitrogens with zero attached hydrogens (tertiary/aromatic N) is 4. The Bertz CT molecular complexity index is 7420. The lowest BCUT2D eigenvalue weighted by molar-refractivity contribution is 0.410. The van der Waals surface area contributed by atoms with Gasteiger partial charge in [-0.15, -0.1) is 0 Å². The molecule has 0 spiro atoms. The zero-order valence-electron chi connectivity index (χ0n) is 102. The Morgan fingerprint density at radius 1 is 0.250 bits per heavy atom. The van der Waals surface area contributed by atoms with Crippen molar-refractivity contribution in [1.82, 2.24) is 9.13 Å². The van der Waals surface area contributed by atoms with Crippen molar-refractivity contribution in [3.8, 4) is 55.9 Å². The second-order valence-corrected chi connectivity index (χ2v) is 45.6. The molecule has 13 aromatic carbocycles. The SMILES string of the molecule is [2H]c1c([2H])c([2H])c2c(c1[2H])c1cc(C([2H])([2H])C(C)(C)C)ccc1n2-c1ccc2c(c1)N(c1c(-c3cccc(C([2H])([2H])C(C)(C)C)c3)cc(CC(C)(C)C)cc1-c1cccc(C([2H])([2H])C(C)(C)C)c1)c1cc(C([2H])([2H])C(C)(C)C)cc3c1B2c1ccc(-n2c4ccc(C([2H])([2H])C(C)(C)C)cc4c4c([2H])c([2H])c([2H])c([2H])c42)cc1N3c1c(-c2cccc(C([2H])([2H])C(C)(C)C)c2)cc(CC(C)(C)C)cc1-c1cccc(C([2H])([2H])C(C)(C)C)c1. The van der Waals surface area contributed by atoms with Crippen molar-refractivity contribution in [2.24, 2.45) is 48.7 Å². The van der Waals surface area contributed by atoms with E-state index in [-0.39, 0.29) is 62.7 Å². The monoisotopic (exact) mass is 1710 g/mol. The molecular weight excluding hydrogens is 1540 g/mol. The molecule has 2 aliphatic rings. The normalized spacial score (nSPS) is 16.9. The maximum atomic E-state index is 11.4. The molecule has 4 nitrogen and oxygen atoms in total. The van der Waals surface area contributed by atoms with E-state index >= 15 is 0 Å². The van der Waals surface area contributed by atoms with E-state index in [0.29, 0.717) is 163 Å². The lowest BCUT2D eigenvalue weighted by Crippen LogP contribution is -2.61. The van der Waals surface area contributed by atoms with Gasteiger partial charge in [0.05, 0.1) is 44.4 Å². The Balaban J connectivity index is 1.17. The molecule has 656 valence electrons. The van der Waals surface area contributed by atoms with Crippen molar-refractivity contribution >= 4 is 101 Å². The first-order valence-electron chi connectivity index (χ1n) is 56.7. The van der Waals surface area contributed by atoms with Crippen LogP contribution < -0.4 is 26.2 Å². The molecule has 0 saturated heterocycles. The van der Waals surface area contributed by atoms with Crippen LogP contribution in [0.3, 0.4) is 0 Å². The van der Waals surface area contributed by atoms with Crippen LogP contribution in [-0.2, 0) is 57.5 Å². The fourth-order valence-corrected chi connectivity index (χ4v) is 19.2. The third-order valence-corrected chi connectivity index (χ3v) is 22.9. The van der Waals surface area contributed by atoms with Gasteiger partial charge in [-0.05, 0) is 292 Å². The van der Waals surface area contributed by atoms with Gasteiger partial charge in [-0.2, -0.15) is 0 Å². The van der Waals surface area contributed by atoms with Crippen molar-refractivity contribution < 1.29 is 30.2 Å². The summed E-state index contributed by atoms with van der Waals surface area (Å²) in [5.74, 6) is 0. The Kier molecular flexibility index (Phi) is 16.7. The lowest BCUT2D eigenvalue weighted by Gasteiger charge is -2.46. The zero-order chi connectivity index (χ0) is 111. The molecule has 2 aliphatic heterocycles. The van der Waals surface area contributed by atoms with Gasteiger partial charge >= 0.3 is 0 Å². The molecule has 0 saturated carbocycles. The highest BCUT2D eigenvalue weighted by molar-refractivity contribution is 7.00. The van der Waals surface area contributed by atoms with E-state index in [4.69, 9.17) is 0 Å². The second-order valence-electron chi connectivity index (χ2n) is 45.6. The van der Waals surface area contributed by atoms with Gasteiger partial charge in [0, 0.05) is 97.1 Å². The summed E-state index contributed by atoms with van der Waals surface area (Å²) in [4.78, 5) is 4.36. The van der Waals surface area contributed by atoms with Crippen molar-refractivity contribution in [1.29, 1.82) is 0 Å². The van der Waals surface area contributed by atoms with Gasteiger partial charge in [-0.1, -0.05) is 345 Å². The molecule has 0 unspecified atom stereocenters. The van der Waals surface area contributed by atoms with Crippen LogP contribution in [0.25, 0.3) is 99.5 Å². The number of rotatable bonds is 17. The molecule has 0 aliphatic carbocycles. The molecule has 5 heteroatoms. The molecule has 0 amide bonds. The first kappa shape index (κ1) is 65.6. The van der Waals surface area contributed by atoms with E-state index in [1.54, 1.807) is 36.4 Å². The molecule has 17 rings (SSSR count). The van der Waals surface area contributed by atoms with Crippen LogP contribution in [0.15, 0.2) is 255 Å². The Hall–Kier alpha value is -10.9. The first-order chi connectivity index (χ1) is 68.7. The van der Waals surface area contributed by atoms with E-state index < -0.39 is 124 Å². The molecule has 2 aromatic heterocycles. The number of anilines is 6. The minimum absolute atomic E-state index is 0.0865. The van der Waals surface area contributed by atoms with Crippen LogP contribution in [0.5, 0.6) is 0 Å². The van der Waals surface area contributed by atoms with Gasteiger partial charge < -0.3 is 18.9 Å². The van der Waals surface area contributed by atoms with Crippen molar-refractivity contribution in [2.75, 3.05) is 9.80 Å². The maximum absolute atomic E-state index is 11.4. The summed E-state index contributed by atoms with van der Waals surface area (Å²) in [6.07, 6.45) is -13.4. The zero-order valence-corrected chi connectivity index (χ0v) is 80.4. The fourth-order valence-electron chi connectivity index (χ4n) is 19.2. The Morgan fingerprint density at radius 3 is 0.836 bits per heavy atom. The topological polar surface area (TPSA) is 16.3 Å². The van der Waals surface area contributed by atoms with Crippen LogP contribution in [0.1, 0.15) is 267 Å². The van der Waals surface area contributed by atoms with Gasteiger partial charge in [0.15, 0.2) is 0 Å². The molecule has 128 heavy (non-hydrogen) atoms. The van der Waals surface area contributed by atoms with E-state index in [9.17, 15) is 30.2 Å². The highest BCUT2D eigenvalue weighted by Crippen LogP contribution is 2.56. The molecule has 0 atom stereocenters. The minimum atomic E-state index is -2.36. The number of fused-ring (bicyclic) bond motifs is 10. The fraction of sp³-hybridized carbons (Fsp3) is 0.366. The van der Waals surface area contributed by atoms with E-state index in [0.717, 1.165) is 11.1 Å². The number of benzene rings is 13. The molecule has 0 radical (unpaired) electrons. The summed E-state index contributed by atoms with van der Waals surface area (Å²) in [5, 5.41) is 0.961. The number of hydrogen-bond acceptors (Lipinski definition) is 2. The van der Waals surface area contributed by atoms with Crippen LogP contribution in [0.2, 0.25) is 0 Å². The predicted octanol–water partition coefficient (Wildman–Crippen LogP) is 32.9. The largest absolute Gasteiger partial charge is 0.310 e. The smallest absolute Gasteiger partial charge is 0.252 e. The number of para-hydroxylation sites is 2. The highest BCUT2D eigenvalue weighted by atomic mass is 15.2. The van der Waals surface area contributed by atoms with Crippen LogP contribution in [0, 0.1) is 48.7 Å². The highest BCUT2D eigenvalue weighted by Gasteiger charge is 2.47.